The van der Waals surface area contributed by atoms with Gasteiger partial charge in [-0.05, 0) is 150 Å². The van der Waals surface area contributed by atoms with Crippen molar-refractivity contribution in [3.63, 3.8) is 0 Å². The molecule has 7 aromatic carbocycles. The summed E-state index contributed by atoms with van der Waals surface area (Å²) >= 11 is 0. The van der Waals surface area contributed by atoms with E-state index < -0.39 is 0 Å². The molecule has 0 aliphatic carbocycles. The third kappa shape index (κ3) is 7.59. The predicted molar refractivity (Wildman–Crippen MR) is 282 cm³/mol. The molecular formula is C61H65BN2O2. The predicted octanol–water partition coefficient (Wildman–Crippen LogP) is 14.4. The summed E-state index contributed by atoms with van der Waals surface area (Å²) in [7, 11) is 0. The van der Waals surface area contributed by atoms with Crippen LogP contribution in [0.3, 0.4) is 0 Å². The van der Waals surface area contributed by atoms with Crippen LogP contribution in [0.5, 0.6) is 11.5 Å². The standard InChI is InChI=1S/C61H65BN2O2/c1-38-31-53-56-54(32-38)64(52-15-14-16-55-57(52)66-30-29-65-55)51-28-26-46(61(11,12)13)37-49(51)62(56)48-36-45(60(8,9)10)25-27-50(48)63(53)47-34-41(39-17-21-43(22-18-39)58(2,3)4)33-42(35-47)40-19-23-44(24-20-40)59(5,6)7/h14-28,31-37H,29-30H2,1-13H3. The van der Waals surface area contributed by atoms with E-state index in [-0.39, 0.29) is 28.4 Å². The molecule has 0 aromatic heterocycles. The van der Waals surface area contributed by atoms with Crippen LogP contribution in [0.2, 0.25) is 0 Å². The molecule has 66 heavy (non-hydrogen) atoms. The van der Waals surface area contributed by atoms with Gasteiger partial charge in [-0.25, -0.2) is 0 Å². The van der Waals surface area contributed by atoms with Crippen LogP contribution in [-0.2, 0) is 21.7 Å². The molecule has 0 saturated carbocycles. The van der Waals surface area contributed by atoms with E-state index >= 15 is 0 Å². The molecule has 3 aliphatic heterocycles. The number of ether oxygens (including phenoxy) is 2. The molecule has 7 aromatic rings. The Kier molecular flexibility index (Phi) is 10.2. The zero-order chi connectivity index (χ0) is 46.7. The van der Waals surface area contributed by atoms with Gasteiger partial charge in [0.2, 0.25) is 0 Å². The van der Waals surface area contributed by atoms with Crippen molar-refractivity contribution in [3.05, 3.63) is 161 Å². The summed E-state index contributed by atoms with van der Waals surface area (Å²) in [6, 6.07) is 51.3. The van der Waals surface area contributed by atoms with E-state index in [1.54, 1.807) is 0 Å². The summed E-state index contributed by atoms with van der Waals surface area (Å²) in [6.07, 6.45) is 0. The maximum Gasteiger partial charge on any atom is 0.252 e. The van der Waals surface area contributed by atoms with E-state index in [1.807, 2.05) is 6.07 Å². The lowest BCUT2D eigenvalue weighted by atomic mass is 9.33. The highest BCUT2D eigenvalue weighted by Gasteiger charge is 2.45. The van der Waals surface area contributed by atoms with Crippen LogP contribution in [-0.4, -0.2) is 19.9 Å². The Bertz CT molecular complexity index is 2950. The number of benzene rings is 7. The second-order valence-electron chi connectivity index (χ2n) is 23.1. The summed E-state index contributed by atoms with van der Waals surface area (Å²) in [4.78, 5) is 5.03. The molecule has 0 bridgehead atoms. The lowest BCUT2D eigenvalue weighted by molar-refractivity contribution is 0.172. The largest absolute Gasteiger partial charge is 0.486 e. The minimum atomic E-state index is -0.0566. The summed E-state index contributed by atoms with van der Waals surface area (Å²) in [5.41, 5.74) is 22.0. The van der Waals surface area contributed by atoms with Gasteiger partial charge >= 0.3 is 0 Å². The van der Waals surface area contributed by atoms with Gasteiger partial charge in [-0.3, -0.25) is 0 Å². The van der Waals surface area contributed by atoms with Gasteiger partial charge in [0.05, 0.1) is 5.69 Å². The highest BCUT2D eigenvalue weighted by molar-refractivity contribution is 7.00. The lowest BCUT2D eigenvalue weighted by Crippen LogP contribution is -2.61. The number of nitrogens with zero attached hydrogens (tertiary/aromatic N) is 2. The number of hydrogen-bond acceptors (Lipinski definition) is 4. The van der Waals surface area contributed by atoms with Crippen LogP contribution < -0.4 is 35.7 Å². The third-order valence-electron chi connectivity index (χ3n) is 14.1. The normalized spacial score (nSPS) is 14.5. The molecule has 5 heteroatoms. The highest BCUT2D eigenvalue weighted by Crippen LogP contribution is 2.50. The van der Waals surface area contributed by atoms with E-state index in [2.05, 4.69) is 227 Å². The monoisotopic (exact) mass is 869 g/mol. The molecule has 3 aliphatic rings. The summed E-state index contributed by atoms with van der Waals surface area (Å²) in [5.74, 6) is 1.58. The van der Waals surface area contributed by atoms with Crippen molar-refractivity contribution in [1.82, 2.24) is 0 Å². The van der Waals surface area contributed by atoms with E-state index in [0.29, 0.717) is 13.2 Å². The average Bonchev–Trinajstić information content (AvgIpc) is 3.27. The molecule has 0 unspecified atom stereocenters. The molecule has 0 spiro atoms. The van der Waals surface area contributed by atoms with Gasteiger partial charge in [0, 0.05) is 28.4 Å². The van der Waals surface area contributed by atoms with Crippen molar-refractivity contribution in [2.24, 2.45) is 0 Å². The Balaban J connectivity index is 1.28. The van der Waals surface area contributed by atoms with E-state index in [9.17, 15) is 0 Å². The fraction of sp³-hybridized carbons (Fsp3) is 0.311. The summed E-state index contributed by atoms with van der Waals surface area (Å²) in [5, 5.41) is 0. The number of para-hydroxylation sites is 1. The lowest BCUT2D eigenvalue weighted by Gasteiger charge is -2.45. The van der Waals surface area contributed by atoms with Crippen molar-refractivity contribution in [2.45, 2.75) is 112 Å². The summed E-state index contributed by atoms with van der Waals surface area (Å²) < 4.78 is 12.8. The first-order valence-electron chi connectivity index (χ1n) is 23.9. The quantitative estimate of drug-likeness (QED) is 0.165. The van der Waals surface area contributed by atoms with Crippen LogP contribution in [0, 0.1) is 6.92 Å². The second-order valence-corrected chi connectivity index (χ2v) is 23.1. The van der Waals surface area contributed by atoms with Gasteiger partial charge in [-0.15, -0.1) is 0 Å². The molecular weight excluding hydrogens is 803 g/mol. The van der Waals surface area contributed by atoms with Crippen LogP contribution >= 0.6 is 0 Å². The maximum absolute atomic E-state index is 6.53. The number of fused-ring (bicyclic) bond motifs is 5. The first-order chi connectivity index (χ1) is 31.1. The van der Waals surface area contributed by atoms with Gasteiger partial charge in [0.1, 0.15) is 13.2 Å². The van der Waals surface area contributed by atoms with Crippen molar-refractivity contribution in [1.29, 1.82) is 0 Å². The Morgan fingerprint density at radius 3 is 1.36 bits per heavy atom. The van der Waals surface area contributed by atoms with Gasteiger partial charge in [-0.2, -0.15) is 0 Å². The molecule has 0 atom stereocenters. The SMILES string of the molecule is Cc1cc2c3c(c1)N(c1cccc4c1OCCO4)c1ccc(C(C)(C)C)cc1B3c1cc(C(C)(C)C)ccc1N2c1cc(-c2ccc(C(C)(C)C)cc2)cc(-c2ccc(C(C)(C)C)cc2)c1. The minimum Gasteiger partial charge on any atom is -0.486 e. The Morgan fingerprint density at radius 1 is 0.409 bits per heavy atom. The first-order valence-corrected chi connectivity index (χ1v) is 23.9. The zero-order valence-electron chi connectivity index (χ0n) is 41.4. The van der Waals surface area contributed by atoms with Gasteiger partial charge in [0.15, 0.2) is 11.5 Å². The molecule has 0 amide bonds. The van der Waals surface area contributed by atoms with Gasteiger partial charge in [0.25, 0.3) is 6.71 Å². The average molecular weight is 869 g/mol. The maximum atomic E-state index is 6.53. The minimum absolute atomic E-state index is 0.0213. The van der Waals surface area contributed by atoms with Crippen molar-refractivity contribution in [2.75, 3.05) is 23.0 Å². The number of aryl methyl sites for hydroxylation is 1. The van der Waals surface area contributed by atoms with Crippen molar-refractivity contribution in [3.8, 4) is 33.8 Å². The van der Waals surface area contributed by atoms with Gasteiger partial charge < -0.3 is 19.3 Å². The van der Waals surface area contributed by atoms with Crippen molar-refractivity contribution < 1.29 is 9.47 Å². The molecule has 4 nitrogen and oxygen atoms in total. The Labute approximate surface area is 394 Å². The highest BCUT2D eigenvalue weighted by atomic mass is 16.6. The van der Waals surface area contributed by atoms with Crippen LogP contribution in [0.25, 0.3) is 22.3 Å². The topological polar surface area (TPSA) is 24.9 Å². The van der Waals surface area contributed by atoms with Crippen LogP contribution in [0.1, 0.15) is 111 Å². The molecule has 0 radical (unpaired) electrons. The van der Waals surface area contributed by atoms with E-state index in [0.717, 1.165) is 28.6 Å². The smallest absolute Gasteiger partial charge is 0.252 e. The van der Waals surface area contributed by atoms with E-state index in [4.69, 9.17) is 9.47 Å². The molecule has 10 rings (SSSR count). The second kappa shape index (κ2) is 15.4. The summed E-state index contributed by atoms with van der Waals surface area (Å²) in [6.45, 7) is 30.9. The van der Waals surface area contributed by atoms with Crippen LogP contribution in [0.15, 0.2) is 133 Å². The fourth-order valence-electron chi connectivity index (χ4n) is 10.2. The van der Waals surface area contributed by atoms with Crippen molar-refractivity contribution >= 4 is 57.2 Å². The first kappa shape index (κ1) is 43.7. The molecule has 0 fully saturated rings. The Morgan fingerprint density at radius 2 is 0.864 bits per heavy atom. The third-order valence-corrected chi connectivity index (χ3v) is 14.1. The Hall–Kier alpha value is -6.20. The molecule has 0 N–H and O–H groups in total. The van der Waals surface area contributed by atoms with Gasteiger partial charge in [-0.1, -0.05) is 162 Å². The van der Waals surface area contributed by atoms with Crippen LogP contribution in [0.4, 0.5) is 34.1 Å². The molecule has 334 valence electrons. The number of rotatable bonds is 4. The molecule has 3 heterocycles. The molecule has 0 saturated heterocycles. The number of anilines is 6. The fourth-order valence-corrected chi connectivity index (χ4v) is 10.2. The number of hydrogen-bond donors (Lipinski definition) is 0. The zero-order valence-corrected chi connectivity index (χ0v) is 41.4. The van der Waals surface area contributed by atoms with E-state index in [1.165, 1.54) is 83.5 Å².